The van der Waals surface area contributed by atoms with Crippen molar-refractivity contribution in [2.24, 2.45) is 11.8 Å². The molecule has 1 aromatic heterocycles. The van der Waals surface area contributed by atoms with Crippen molar-refractivity contribution in [3.8, 4) is 6.01 Å². The van der Waals surface area contributed by atoms with Crippen molar-refractivity contribution >= 4 is 46.5 Å². The Morgan fingerprint density at radius 3 is 2.29 bits per heavy atom. The average Bonchev–Trinajstić information content (AvgIpc) is 3.56. The maximum absolute atomic E-state index is 12.9. The molecule has 51 heavy (non-hydrogen) atoms. The Kier molecular flexibility index (Phi) is 9.48. The standard InChI is InChI=1S/C35H36ClF3N8O4/c36-23-8-6-22(7-9-23)34(12-13-34)47-32-44-31(45-33(46-32)51-18-35(37,38)39)42-24-10-4-20(5-11-24)30(50)41-15-1-14-40-26-27(29(49)28(26)48)43-25-17-19-2-3-21(25)16-19/h4-11,19,21,25,40,43H,1-3,12-18H2,(H,41,50)(H2,42,44,45,46,47)/t19-,21+,25+/m0/s1. The van der Waals surface area contributed by atoms with Crippen LogP contribution < -0.4 is 42.2 Å². The highest BCUT2D eigenvalue weighted by Crippen LogP contribution is 2.48. The number of rotatable bonds is 15. The third-order valence-electron chi connectivity index (χ3n) is 9.80. The Morgan fingerprint density at radius 2 is 1.63 bits per heavy atom. The summed E-state index contributed by atoms with van der Waals surface area (Å²) in [4.78, 5) is 49.6. The van der Waals surface area contributed by atoms with Crippen LogP contribution in [-0.4, -0.2) is 52.8 Å². The number of ether oxygens (including phenoxy) is 1. The molecule has 3 aliphatic rings. The largest absolute Gasteiger partial charge is 0.454 e. The first kappa shape index (κ1) is 34.5. The van der Waals surface area contributed by atoms with Crippen LogP contribution in [0.1, 0.15) is 60.9 Å². The minimum Gasteiger partial charge on any atom is -0.454 e. The summed E-state index contributed by atoms with van der Waals surface area (Å²) in [5.41, 5.74) is 0.985. The van der Waals surface area contributed by atoms with Crippen molar-refractivity contribution in [2.75, 3.05) is 41.0 Å². The maximum atomic E-state index is 12.9. The summed E-state index contributed by atoms with van der Waals surface area (Å²) in [6, 6.07) is 13.3. The van der Waals surface area contributed by atoms with Gasteiger partial charge in [0.05, 0.1) is 5.54 Å². The van der Waals surface area contributed by atoms with Gasteiger partial charge in [0.1, 0.15) is 11.4 Å². The minimum atomic E-state index is -4.59. The second-order valence-electron chi connectivity index (χ2n) is 13.5. The quantitative estimate of drug-likeness (QED) is 0.0752. The summed E-state index contributed by atoms with van der Waals surface area (Å²) >= 11 is 6.03. The first-order chi connectivity index (χ1) is 24.4. The number of anilines is 5. The fourth-order valence-electron chi connectivity index (χ4n) is 7.02. The van der Waals surface area contributed by atoms with Crippen molar-refractivity contribution < 1.29 is 22.7 Å². The molecule has 12 nitrogen and oxygen atoms in total. The molecule has 7 rings (SSSR count). The number of amides is 1. The lowest BCUT2D eigenvalue weighted by Gasteiger charge is -2.25. The number of nitrogens with zero attached hydrogens (tertiary/aromatic N) is 3. The van der Waals surface area contributed by atoms with Gasteiger partial charge in [-0.05, 0) is 92.3 Å². The molecule has 2 bridgehead atoms. The lowest BCUT2D eigenvalue weighted by atomic mass is 9.94. The van der Waals surface area contributed by atoms with Crippen molar-refractivity contribution in [2.45, 2.75) is 62.7 Å². The molecule has 0 unspecified atom stereocenters. The Labute approximate surface area is 295 Å². The highest BCUT2D eigenvalue weighted by molar-refractivity contribution is 6.30. The molecule has 5 N–H and O–H groups in total. The third-order valence-corrected chi connectivity index (χ3v) is 10.1. The Balaban J connectivity index is 0.922. The van der Waals surface area contributed by atoms with Crippen LogP contribution in [0.2, 0.25) is 5.02 Å². The van der Waals surface area contributed by atoms with Crippen LogP contribution >= 0.6 is 11.6 Å². The second-order valence-corrected chi connectivity index (χ2v) is 13.9. The molecule has 3 saturated carbocycles. The number of benzene rings is 2. The van der Waals surface area contributed by atoms with Crippen molar-refractivity contribution in [1.29, 1.82) is 0 Å². The fraction of sp³-hybridized carbons (Fsp3) is 0.429. The number of carbonyl (C=O) groups is 1. The summed E-state index contributed by atoms with van der Waals surface area (Å²) in [6.45, 7) is -0.847. The predicted octanol–water partition coefficient (Wildman–Crippen LogP) is 5.74. The van der Waals surface area contributed by atoms with E-state index in [4.69, 9.17) is 16.3 Å². The van der Waals surface area contributed by atoms with Crippen LogP contribution in [0, 0.1) is 11.8 Å². The highest BCUT2D eigenvalue weighted by Gasteiger charge is 2.45. The summed E-state index contributed by atoms with van der Waals surface area (Å²) in [6.07, 6.45) is 2.05. The normalized spacial score (nSPS) is 20.2. The summed E-state index contributed by atoms with van der Waals surface area (Å²) in [7, 11) is 0. The van der Waals surface area contributed by atoms with Crippen molar-refractivity contribution in [1.82, 2.24) is 20.3 Å². The zero-order valence-corrected chi connectivity index (χ0v) is 28.2. The second kappa shape index (κ2) is 14.0. The molecule has 0 spiro atoms. The van der Waals surface area contributed by atoms with E-state index in [-0.39, 0.29) is 23.8 Å². The van der Waals surface area contributed by atoms with E-state index in [1.54, 1.807) is 36.4 Å². The van der Waals surface area contributed by atoms with Crippen LogP contribution in [0.3, 0.4) is 0 Å². The van der Waals surface area contributed by atoms with E-state index in [2.05, 4.69) is 41.5 Å². The molecular weight excluding hydrogens is 689 g/mol. The Hall–Kier alpha value is -4.92. The van der Waals surface area contributed by atoms with Gasteiger partial charge in [-0.3, -0.25) is 14.4 Å². The molecular formula is C35H36ClF3N8O4. The molecule has 3 aromatic carbocycles. The zero-order chi connectivity index (χ0) is 35.8. The number of alkyl halides is 3. The van der Waals surface area contributed by atoms with E-state index < -0.39 is 35.2 Å². The molecule has 0 aliphatic heterocycles. The smallest absolute Gasteiger partial charge is 0.422 e. The van der Waals surface area contributed by atoms with E-state index in [0.29, 0.717) is 59.0 Å². The lowest BCUT2D eigenvalue weighted by Crippen LogP contribution is -2.41. The van der Waals surface area contributed by atoms with Gasteiger partial charge in [-0.2, -0.15) is 28.1 Å². The Bertz CT molecular complexity index is 1960. The van der Waals surface area contributed by atoms with Crippen molar-refractivity contribution in [3.05, 3.63) is 85.1 Å². The van der Waals surface area contributed by atoms with Gasteiger partial charge >= 0.3 is 12.2 Å². The molecule has 3 atom stereocenters. The first-order valence-electron chi connectivity index (χ1n) is 16.9. The Morgan fingerprint density at radius 1 is 0.902 bits per heavy atom. The number of carbonyl (C=O) groups excluding carboxylic acids is 1. The lowest BCUT2D eigenvalue weighted by molar-refractivity contribution is -0.154. The van der Waals surface area contributed by atoms with E-state index in [9.17, 15) is 27.6 Å². The number of hydrogen-bond acceptors (Lipinski definition) is 11. The van der Waals surface area contributed by atoms with Crippen LogP contribution in [0.5, 0.6) is 6.01 Å². The van der Waals surface area contributed by atoms with Gasteiger partial charge in [0.15, 0.2) is 6.61 Å². The van der Waals surface area contributed by atoms with Gasteiger partial charge in [0.25, 0.3) is 16.8 Å². The number of nitrogens with one attached hydrogen (secondary N) is 5. The average molecular weight is 725 g/mol. The maximum Gasteiger partial charge on any atom is 0.422 e. The molecule has 1 heterocycles. The monoisotopic (exact) mass is 724 g/mol. The number of fused-ring (bicyclic) bond motifs is 2. The molecule has 3 fully saturated rings. The molecule has 3 aliphatic carbocycles. The SMILES string of the molecule is O=C(NCCCNc1c(N[C@@H]2C[C@H]3CC[C@@H]2C3)c(=O)c1=O)c1ccc(Nc2nc(NC3(c4ccc(Cl)cc4)CC3)nc(OCC(F)(F)F)n2)cc1. The van der Waals surface area contributed by atoms with E-state index in [1.807, 2.05) is 12.1 Å². The molecule has 0 saturated heterocycles. The first-order valence-corrected chi connectivity index (χ1v) is 17.3. The van der Waals surface area contributed by atoms with E-state index in [1.165, 1.54) is 12.8 Å². The minimum absolute atomic E-state index is 0.0280. The van der Waals surface area contributed by atoms with E-state index >= 15 is 0 Å². The number of halogens is 4. The summed E-state index contributed by atoms with van der Waals surface area (Å²) < 4.78 is 43.6. The molecule has 4 aromatic rings. The predicted molar refractivity (Wildman–Crippen MR) is 187 cm³/mol. The van der Waals surface area contributed by atoms with Gasteiger partial charge in [-0.25, -0.2) is 0 Å². The highest BCUT2D eigenvalue weighted by atomic mass is 35.5. The summed E-state index contributed by atoms with van der Waals surface area (Å²) in [5, 5.41) is 15.9. The summed E-state index contributed by atoms with van der Waals surface area (Å²) in [5.74, 6) is 0.923. The number of aromatic nitrogens is 3. The van der Waals surface area contributed by atoms with Gasteiger partial charge in [0, 0.05) is 35.4 Å². The zero-order valence-electron chi connectivity index (χ0n) is 27.4. The molecule has 16 heteroatoms. The topological polar surface area (TPSA) is 159 Å². The van der Waals surface area contributed by atoms with Crippen LogP contribution in [-0.2, 0) is 5.54 Å². The van der Waals surface area contributed by atoms with Crippen LogP contribution in [0.25, 0.3) is 0 Å². The molecule has 1 amide bonds. The van der Waals surface area contributed by atoms with Crippen LogP contribution in [0.4, 0.5) is 42.1 Å². The van der Waals surface area contributed by atoms with Gasteiger partial charge in [-0.1, -0.05) is 30.2 Å². The van der Waals surface area contributed by atoms with Gasteiger partial charge in [0.2, 0.25) is 11.9 Å². The van der Waals surface area contributed by atoms with E-state index in [0.717, 1.165) is 31.2 Å². The van der Waals surface area contributed by atoms with Crippen LogP contribution in [0.15, 0.2) is 58.1 Å². The molecule has 268 valence electrons. The number of hydrogen-bond donors (Lipinski definition) is 5. The van der Waals surface area contributed by atoms with Gasteiger partial charge < -0.3 is 31.3 Å². The fourth-order valence-corrected chi connectivity index (χ4v) is 7.14. The molecule has 0 radical (unpaired) electrons. The van der Waals surface area contributed by atoms with Gasteiger partial charge in [-0.15, -0.1) is 0 Å². The van der Waals surface area contributed by atoms with Crippen molar-refractivity contribution in [3.63, 3.8) is 0 Å². The third kappa shape index (κ3) is 8.03.